The number of carbonyl (C=O) groups is 1. The molecule has 170 valence electrons. The third-order valence-corrected chi connectivity index (χ3v) is 6.48. The van der Waals surface area contributed by atoms with Crippen LogP contribution >= 0.6 is 0 Å². The van der Waals surface area contributed by atoms with Crippen LogP contribution in [0.25, 0.3) is 0 Å². The van der Waals surface area contributed by atoms with Gasteiger partial charge in [-0.25, -0.2) is 8.42 Å². The summed E-state index contributed by atoms with van der Waals surface area (Å²) in [6, 6.07) is 17.2. The Kier molecular flexibility index (Phi) is 8.51. The first-order valence-electron chi connectivity index (χ1n) is 10.5. The molecule has 0 aliphatic rings. The molecular weight excluding hydrogens is 412 g/mol. The van der Waals surface area contributed by atoms with Crippen LogP contribution in [0.15, 0.2) is 54.6 Å². The van der Waals surface area contributed by atoms with Crippen LogP contribution in [0.1, 0.15) is 45.6 Å². The maximum Gasteiger partial charge on any atom is 0.232 e. The molecule has 0 heterocycles. The second-order valence-corrected chi connectivity index (χ2v) is 10.4. The van der Waals surface area contributed by atoms with Crippen molar-refractivity contribution in [2.24, 2.45) is 0 Å². The lowest BCUT2D eigenvalue weighted by atomic mass is 9.79. The van der Waals surface area contributed by atoms with E-state index in [-0.39, 0.29) is 30.3 Å². The molecule has 1 N–H and O–H groups in total. The fourth-order valence-corrected chi connectivity index (χ4v) is 4.82. The molecule has 1 amide bonds. The lowest BCUT2D eigenvalue weighted by molar-refractivity contribution is -0.121. The summed E-state index contributed by atoms with van der Waals surface area (Å²) < 4.78 is 31.2. The molecule has 0 bridgehead atoms. The Labute approximate surface area is 186 Å². The molecule has 0 radical (unpaired) electrons. The monoisotopic (exact) mass is 446 g/mol. The molecule has 0 saturated carbocycles. The number of nitrogens with one attached hydrogen (secondary N) is 1. The zero-order valence-electron chi connectivity index (χ0n) is 19.1. The van der Waals surface area contributed by atoms with E-state index in [1.54, 1.807) is 24.3 Å². The van der Waals surface area contributed by atoms with Gasteiger partial charge in [-0.2, -0.15) is 0 Å². The maximum atomic E-state index is 12.5. The van der Waals surface area contributed by atoms with Crippen LogP contribution in [-0.4, -0.2) is 40.3 Å². The third kappa shape index (κ3) is 7.28. The highest BCUT2D eigenvalue weighted by Crippen LogP contribution is 2.30. The fraction of sp³-hybridized carbons (Fsp3) is 0.458. The van der Waals surface area contributed by atoms with E-state index in [0.717, 1.165) is 12.7 Å². The average Bonchev–Trinajstić information content (AvgIpc) is 2.70. The number of nitrogens with zero attached hydrogens (tertiary/aromatic N) is 1. The third-order valence-electron chi connectivity index (χ3n) is 5.30. The number of carbonyl (C=O) groups excluding carboxylic acids is 1. The molecule has 1 atom stereocenters. The van der Waals surface area contributed by atoms with Crippen LogP contribution in [0.2, 0.25) is 0 Å². The van der Waals surface area contributed by atoms with E-state index in [1.807, 2.05) is 25.1 Å². The van der Waals surface area contributed by atoms with E-state index in [9.17, 15) is 13.2 Å². The quantitative estimate of drug-likeness (QED) is 0.564. The molecule has 0 aliphatic heterocycles. The van der Waals surface area contributed by atoms with Crippen molar-refractivity contribution in [3.05, 3.63) is 60.2 Å². The summed E-state index contributed by atoms with van der Waals surface area (Å²) in [6.07, 6.45) is 2.62. The predicted molar refractivity (Wildman–Crippen MR) is 126 cm³/mol. The summed E-state index contributed by atoms with van der Waals surface area (Å²) >= 11 is 0. The minimum atomic E-state index is -3.50. The summed E-state index contributed by atoms with van der Waals surface area (Å²) in [7, 11) is -2.00. The second kappa shape index (κ2) is 10.7. The van der Waals surface area contributed by atoms with Crippen LogP contribution < -0.4 is 14.4 Å². The Morgan fingerprint density at radius 2 is 1.71 bits per heavy atom. The number of benzene rings is 2. The lowest BCUT2D eigenvalue weighted by Crippen LogP contribution is -2.38. The number of rotatable bonds is 11. The van der Waals surface area contributed by atoms with E-state index in [2.05, 4.69) is 31.3 Å². The van der Waals surface area contributed by atoms with Gasteiger partial charge in [0.1, 0.15) is 5.75 Å². The average molecular weight is 447 g/mol. The highest BCUT2D eigenvalue weighted by Gasteiger charge is 2.24. The van der Waals surface area contributed by atoms with Crippen molar-refractivity contribution in [3.63, 3.8) is 0 Å². The molecule has 0 aromatic heterocycles. The van der Waals surface area contributed by atoms with Gasteiger partial charge in [0, 0.05) is 19.0 Å². The fourth-order valence-electron chi connectivity index (χ4n) is 3.85. The largest absolute Gasteiger partial charge is 0.495 e. The van der Waals surface area contributed by atoms with Crippen molar-refractivity contribution < 1.29 is 17.9 Å². The Hall–Kier alpha value is -2.54. The molecular formula is C24H34N2O4S. The zero-order valence-corrected chi connectivity index (χ0v) is 19.9. The van der Waals surface area contributed by atoms with Gasteiger partial charge >= 0.3 is 0 Å². The molecule has 0 aliphatic carbocycles. The predicted octanol–water partition coefficient (Wildman–Crippen LogP) is 4.11. The van der Waals surface area contributed by atoms with E-state index in [1.165, 1.54) is 17.0 Å². The summed E-state index contributed by atoms with van der Waals surface area (Å²) in [5.41, 5.74) is 1.65. The number of hydrogen-bond acceptors (Lipinski definition) is 4. The van der Waals surface area contributed by atoms with Gasteiger partial charge in [0.05, 0.1) is 19.1 Å². The second-order valence-electron chi connectivity index (χ2n) is 8.53. The smallest absolute Gasteiger partial charge is 0.232 e. The van der Waals surface area contributed by atoms with Gasteiger partial charge in [-0.3, -0.25) is 9.10 Å². The molecule has 6 nitrogen and oxygen atoms in total. The first kappa shape index (κ1) is 24.7. The molecule has 0 fully saturated rings. The first-order chi connectivity index (χ1) is 14.5. The van der Waals surface area contributed by atoms with Crippen LogP contribution in [0, 0.1) is 0 Å². The number of sulfonamides is 1. The highest BCUT2D eigenvalue weighted by molar-refractivity contribution is 7.92. The molecule has 2 rings (SSSR count). The van der Waals surface area contributed by atoms with Crippen LogP contribution in [0.5, 0.6) is 5.75 Å². The topological polar surface area (TPSA) is 75.7 Å². The van der Waals surface area contributed by atoms with E-state index >= 15 is 0 Å². The number of para-hydroxylation sites is 2. The minimum absolute atomic E-state index is 0.00272. The number of hydrogen-bond donors (Lipinski definition) is 1. The molecule has 2 aromatic rings. The Bertz CT molecular complexity index is 959. The van der Waals surface area contributed by atoms with E-state index in [4.69, 9.17) is 4.74 Å². The van der Waals surface area contributed by atoms with Crippen LogP contribution in [-0.2, 0) is 20.2 Å². The Balaban J connectivity index is 1.92. The first-order valence-corrected chi connectivity index (χ1v) is 12.3. The Morgan fingerprint density at radius 1 is 1.10 bits per heavy atom. The van der Waals surface area contributed by atoms with Crippen molar-refractivity contribution in [1.82, 2.24) is 5.32 Å². The van der Waals surface area contributed by atoms with E-state index in [0.29, 0.717) is 17.9 Å². The Morgan fingerprint density at radius 3 is 2.32 bits per heavy atom. The van der Waals surface area contributed by atoms with Crippen LogP contribution in [0.3, 0.4) is 0 Å². The number of methoxy groups -OCH3 is 1. The van der Waals surface area contributed by atoms with Gasteiger partial charge in [-0.05, 0) is 42.9 Å². The molecule has 2 aromatic carbocycles. The van der Waals surface area contributed by atoms with Crippen molar-refractivity contribution in [1.29, 1.82) is 0 Å². The number of anilines is 1. The lowest BCUT2D eigenvalue weighted by Gasteiger charge is -2.29. The molecule has 0 saturated heterocycles. The summed E-state index contributed by atoms with van der Waals surface area (Å²) in [4.78, 5) is 12.5. The molecule has 7 heteroatoms. The maximum absolute atomic E-state index is 12.5. The van der Waals surface area contributed by atoms with Crippen molar-refractivity contribution in [2.75, 3.05) is 24.2 Å². The summed E-state index contributed by atoms with van der Waals surface area (Å²) in [5.74, 6) is 0.402. The van der Waals surface area contributed by atoms with Gasteiger partial charge in [0.2, 0.25) is 15.9 Å². The van der Waals surface area contributed by atoms with Crippen molar-refractivity contribution in [3.8, 4) is 5.75 Å². The highest BCUT2D eigenvalue weighted by atomic mass is 32.2. The minimum Gasteiger partial charge on any atom is -0.495 e. The number of ether oxygens (including phenoxy) is 1. The van der Waals surface area contributed by atoms with Crippen molar-refractivity contribution in [2.45, 2.75) is 51.5 Å². The van der Waals surface area contributed by atoms with Crippen molar-refractivity contribution >= 4 is 21.6 Å². The number of amides is 1. The molecule has 0 spiro atoms. The van der Waals surface area contributed by atoms with E-state index < -0.39 is 10.0 Å². The summed E-state index contributed by atoms with van der Waals surface area (Å²) in [6.45, 7) is 6.54. The van der Waals surface area contributed by atoms with Crippen LogP contribution in [0.4, 0.5) is 5.69 Å². The zero-order chi connectivity index (χ0) is 23.1. The van der Waals surface area contributed by atoms with Gasteiger partial charge < -0.3 is 10.1 Å². The molecule has 31 heavy (non-hydrogen) atoms. The summed E-state index contributed by atoms with van der Waals surface area (Å²) in [5, 5.41) is 3.05. The SMILES string of the molecule is COc1ccccc1N(CCCC(=O)N[C@H](C)CC(C)(C)c1ccccc1)S(C)(=O)=O. The molecule has 0 unspecified atom stereocenters. The standard InChI is InChI=1S/C24H34N2O4S/c1-19(18-24(2,3)20-12-7-6-8-13-20)25-23(27)16-11-17-26(31(5,28)29)21-14-9-10-15-22(21)30-4/h6-10,12-15,19H,11,16-18H2,1-5H3,(H,25,27)/t19-/m1/s1. The van der Waals surface area contributed by atoms with Gasteiger partial charge in [0.15, 0.2) is 0 Å². The van der Waals surface area contributed by atoms with Gasteiger partial charge in [-0.1, -0.05) is 56.3 Å². The van der Waals surface area contributed by atoms with Gasteiger partial charge in [-0.15, -0.1) is 0 Å². The normalized spacial score (nSPS) is 12.8. The van der Waals surface area contributed by atoms with Gasteiger partial charge in [0.25, 0.3) is 0 Å².